The second-order valence-corrected chi connectivity index (χ2v) is 9.42. The molecule has 1 aromatic carbocycles. The lowest BCUT2D eigenvalue weighted by molar-refractivity contribution is -0.134. The van der Waals surface area contributed by atoms with Crippen LogP contribution in [-0.2, 0) is 11.3 Å². The topological polar surface area (TPSA) is 51.0 Å². The summed E-state index contributed by atoms with van der Waals surface area (Å²) in [6.45, 7) is 9.44. The first-order valence-electron chi connectivity index (χ1n) is 10.00. The van der Waals surface area contributed by atoms with Crippen LogP contribution in [0.4, 0.5) is 0 Å². The average molecular weight is 421 g/mol. The molecule has 1 aliphatic heterocycles. The molecule has 152 valence electrons. The SMILES string of the molecule is CC(C)Cn1c(SCC(=O)N2[C@H](C)CCC[C@@H]2C)nnc1-c1ccc(Cl)cc1. The maximum absolute atomic E-state index is 12.9. The molecule has 1 aromatic heterocycles. The van der Waals surface area contributed by atoms with Gasteiger partial charge in [-0.1, -0.05) is 37.2 Å². The maximum atomic E-state index is 12.9. The van der Waals surface area contributed by atoms with E-state index in [9.17, 15) is 4.79 Å². The van der Waals surface area contributed by atoms with E-state index in [1.165, 1.54) is 18.2 Å². The fourth-order valence-corrected chi connectivity index (χ4v) is 4.79. The van der Waals surface area contributed by atoms with Gasteiger partial charge in [0.1, 0.15) is 0 Å². The molecule has 0 radical (unpaired) electrons. The van der Waals surface area contributed by atoms with Crippen molar-refractivity contribution in [2.75, 3.05) is 5.75 Å². The van der Waals surface area contributed by atoms with Crippen LogP contribution < -0.4 is 0 Å². The van der Waals surface area contributed by atoms with Crippen LogP contribution in [-0.4, -0.2) is 43.4 Å². The number of hydrogen-bond donors (Lipinski definition) is 0. The van der Waals surface area contributed by atoms with Gasteiger partial charge in [-0.05, 0) is 63.3 Å². The average Bonchev–Trinajstić information content (AvgIpc) is 3.02. The largest absolute Gasteiger partial charge is 0.337 e. The molecule has 5 nitrogen and oxygen atoms in total. The van der Waals surface area contributed by atoms with Crippen LogP contribution in [0.15, 0.2) is 29.4 Å². The minimum atomic E-state index is 0.192. The van der Waals surface area contributed by atoms with Gasteiger partial charge in [0, 0.05) is 29.2 Å². The van der Waals surface area contributed by atoms with Crippen molar-refractivity contribution in [1.82, 2.24) is 19.7 Å². The van der Waals surface area contributed by atoms with Gasteiger partial charge < -0.3 is 9.47 Å². The molecule has 1 fully saturated rings. The number of nitrogens with zero attached hydrogens (tertiary/aromatic N) is 4. The summed E-state index contributed by atoms with van der Waals surface area (Å²) in [5.41, 5.74) is 0.981. The molecule has 2 heterocycles. The fraction of sp³-hybridized carbons (Fsp3) is 0.571. The Balaban J connectivity index is 1.78. The number of halogens is 1. The van der Waals surface area contributed by atoms with E-state index in [2.05, 4.69) is 47.4 Å². The lowest BCUT2D eigenvalue weighted by Crippen LogP contribution is -2.48. The highest BCUT2D eigenvalue weighted by Crippen LogP contribution is 2.28. The number of carbonyl (C=O) groups is 1. The minimum Gasteiger partial charge on any atom is -0.337 e. The minimum absolute atomic E-state index is 0.192. The van der Waals surface area contributed by atoms with E-state index in [0.29, 0.717) is 28.8 Å². The Hall–Kier alpha value is -1.53. The van der Waals surface area contributed by atoms with Crippen LogP contribution >= 0.6 is 23.4 Å². The third kappa shape index (κ3) is 4.90. The van der Waals surface area contributed by atoms with E-state index in [0.717, 1.165) is 35.9 Å². The Morgan fingerprint density at radius 1 is 1.18 bits per heavy atom. The van der Waals surface area contributed by atoms with Crippen LogP contribution in [0.2, 0.25) is 5.02 Å². The molecule has 1 aliphatic rings. The Kier molecular flexibility index (Phi) is 7.05. The quantitative estimate of drug-likeness (QED) is 0.607. The number of piperidine rings is 1. The van der Waals surface area contributed by atoms with Gasteiger partial charge >= 0.3 is 0 Å². The smallest absolute Gasteiger partial charge is 0.233 e. The normalized spacial score (nSPS) is 20.0. The second-order valence-electron chi connectivity index (χ2n) is 8.04. The summed E-state index contributed by atoms with van der Waals surface area (Å²) in [7, 11) is 0. The van der Waals surface area contributed by atoms with E-state index < -0.39 is 0 Å². The molecule has 0 aliphatic carbocycles. The second kappa shape index (κ2) is 9.31. The van der Waals surface area contributed by atoms with Gasteiger partial charge in [0.25, 0.3) is 0 Å². The van der Waals surface area contributed by atoms with Crippen molar-refractivity contribution in [1.29, 1.82) is 0 Å². The molecule has 2 aromatic rings. The number of aromatic nitrogens is 3. The van der Waals surface area contributed by atoms with Gasteiger partial charge in [-0.25, -0.2) is 0 Å². The molecule has 2 atom stereocenters. The molecule has 0 unspecified atom stereocenters. The van der Waals surface area contributed by atoms with Gasteiger partial charge in [-0.2, -0.15) is 0 Å². The highest BCUT2D eigenvalue weighted by molar-refractivity contribution is 7.99. The van der Waals surface area contributed by atoms with Crippen LogP contribution in [0.5, 0.6) is 0 Å². The number of thioether (sulfide) groups is 1. The predicted molar refractivity (Wildman–Crippen MR) is 116 cm³/mol. The molecule has 7 heteroatoms. The predicted octanol–water partition coefficient (Wildman–Crippen LogP) is 5.14. The standard InChI is InChI=1S/C21H29ClN4OS/c1-14(2)12-25-20(17-8-10-18(22)11-9-17)23-24-21(25)28-13-19(27)26-15(3)6-5-7-16(26)4/h8-11,14-16H,5-7,12-13H2,1-4H3/t15-,16+. The Morgan fingerprint density at radius 2 is 1.82 bits per heavy atom. The summed E-state index contributed by atoms with van der Waals surface area (Å²) < 4.78 is 2.12. The zero-order valence-corrected chi connectivity index (χ0v) is 18.6. The summed E-state index contributed by atoms with van der Waals surface area (Å²) in [5, 5.41) is 10.3. The Bertz CT molecular complexity index is 795. The lowest BCUT2D eigenvalue weighted by atomic mass is 9.98. The van der Waals surface area contributed by atoms with Gasteiger partial charge in [0.15, 0.2) is 11.0 Å². The van der Waals surface area contributed by atoms with Crippen LogP contribution in [0.3, 0.4) is 0 Å². The van der Waals surface area contributed by atoms with Gasteiger partial charge in [0.05, 0.1) is 5.75 Å². The molecule has 1 saturated heterocycles. The summed E-state index contributed by atoms with van der Waals surface area (Å²) in [4.78, 5) is 14.9. The van der Waals surface area contributed by atoms with Crippen LogP contribution in [0.25, 0.3) is 11.4 Å². The molecule has 1 amide bonds. The molecular weight excluding hydrogens is 392 g/mol. The van der Waals surface area contributed by atoms with Crippen molar-refractivity contribution in [3.8, 4) is 11.4 Å². The zero-order chi connectivity index (χ0) is 20.3. The first kappa shape index (κ1) is 21.2. The zero-order valence-electron chi connectivity index (χ0n) is 17.1. The van der Waals surface area contributed by atoms with E-state index in [1.807, 2.05) is 24.3 Å². The first-order chi connectivity index (χ1) is 13.4. The van der Waals surface area contributed by atoms with E-state index in [1.54, 1.807) is 0 Å². The number of amides is 1. The van der Waals surface area contributed by atoms with Crippen molar-refractivity contribution in [3.05, 3.63) is 29.3 Å². The number of benzene rings is 1. The summed E-state index contributed by atoms with van der Waals surface area (Å²) >= 11 is 7.51. The van der Waals surface area contributed by atoms with Gasteiger partial charge in [-0.15, -0.1) is 10.2 Å². The number of hydrogen-bond acceptors (Lipinski definition) is 4. The fourth-order valence-electron chi connectivity index (χ4n) is 3.85. The van der Waals surface area contributed by atoms with E-state index >= 15 is 0 Å². The van der Waals surface area contributed by atoms with Gasteiger partial charge in [-0.3, -0.25) is 4.79 Å². The maximum Gasteiger partial charge on any atom is 0.233 e. The van der Waals surface area contributed by atoms with E-state index in [4.69, 9.17) is 11.6 Å². The molecule has 3 rings (SSSR count). The van der Waals surface area contributed by atoms with Crippen molar-refractivity contribution in [2.45, 2.75) is 70.7 Å². The molecule has 0 bridgehead atoms. The molecule has 28 heavy (non-hydrogen) atoms. The molecule has 0 saturated carbocycles. The van der Waals surface area contributed by atoms with E-state index in [-0.39, 0.29) is 5.91 Å². The molecule has 0 spiro atoms. The van der Waals surface area contributed by atoms with Crippen LogP contribution in [0.1, 0.15) is 47.0 Å². The van der Waals surface area contributed by atoms with Crippen LogP contribution in [0, 0.1) is 5.92 Å². The first-order valence-corrected chi connectivity index (χ1v) is 11.4. The number of carbonyl (C=O) groups excluding carboxylic acids is 1. The third-order valence-electron chi connectivity index (χ3n) is 5.17. The van der Waals surface area contributed by atoms with Crippen molar-refractivity contribution in [3.63, 3.8) is 0 Å². The lowest BCUT2D eigenvalue weighted by Gasteiger charge is -2.39. The highest BCUT2D eigenvalue weighted by Gasteiger charge is 2.29. The van der Waals surface area contributed by atoms with Gasteiger partial charge in [0.2, 0.25) is 5.91 Å². The molecular formula is C21H29ClN4OS. The third-order valence-corrected chi connectivity index (χ3v) is 6.38. The summed E-state index contributed by atoms with van der Waals surface area (Å²) in [6, 6.07) is 8.27. The summed E-state index contributed by atoms with van der Waals surface area (Å²) in [6.07, 6.45) is 3.38. The van der Waals surface area contributed by atoms with Crippen molar-refractivity contribution in [2.24, 2.45) is 5.92 Å². The van der Waals surface area contributed by atoms with Crippen molar-refractivity contribution >= 4 is 29.3 Å². The Labute approximate surface area is 176 Å². The Morgan fingerprint density at radius 3 is 2.43 bits per heavy atom. The number of rotatable bonds is 6. The van der Waals surface area contributed by atoms with Crippen molar-refractivity contribution < 1.29 is 4.79 Å². The molecule has 0 N–H and O–H groups in total. The summed E-state index contributed by atoms with van der Waals surface area (Å²) in [5.74, 6) is 1.85. The number of likely N-dealkylation sites (tertiary alicyclic amines) is 1. The monoisotopic (exact) mass is 420 g/mol. The highest BCUT2D eigenvalue weighted by atomic mass is 35.5.